The molecule has 146 valence electrons. The molecule has 0 saturated heterocycles. The van der Waals surface area contributed by atoms with Gasteiger partial charge in [-0.3, -0.25) is 19.5 Å². The first-order chi connectivity index (χ1) is 14.1. The Balaban J connectivity index is 1.68. The van der Waals surface area contributed by atoms with Gasteiger partial charge in [0.15, 0.2) is 5.82 Å². The van der Waals surface area contributed by atoms with Crippen molar-refractivity contribution in [2.45, 2.75) is 38.0 Å². The predicted octanol–water partition coefficient (Wildman–Crippen LogP) is 3.38. The van der Waals surface area contributed by atoms with Crippen LogP contribution in [0.2, 0.25) is 0 Å². The van der Waals surface area contributed by atoms with Crippen molar-refractivity contribution in [3.63, 3.8) is 0 Å². The summed E-state index contributed by atoms with van der Waals surface area (Å²) in [5.41, 5.74) is 0.277. The maximum absolute atomic E-state index is 13.1. The second kappa shape index (κ2) is 6.77. The molecule has 29 heavy (non-hydrogen) atoms. The lowest BCUT2D eigenvalue weighted by Gasteiger charge is -2.17. The van der Waals surface area contributed by atoms with Crippen molar-refractivity contribution < 1.29 is 4.92 Å². The number of aromatic nitrogens is 5. The lowest BCUT2D eigenvalue weighted by molar-refractivity contribution is -0.384. The summed E-state index contributed by atoms with van der Waals surface area (Å²) < 4.78 is 2.87. The van der Waals surface area contributed by atoms with E-state index in [-0.39, 0.29) is 16.9 Å². The van der Waals surface area contributed by atoms with Crippen molar-refractivity contribution in [1.82, 2.24) is 24.1 Å². The van der Waals surface area contributed by atoms with Gasteiger partial charge in [0.1, 0.15) is 5.69 Å². The number of para-hydroxylation sites is 2. The minimum Gasteiger partial charge on any atom is -0.277 e. The van der Waals surface area contributed by atoms with Gasteiger partial charge in [-0.05, 0) is 25.0 Å². The van der Waals surface area contributed by atoms with Crippen molar-refractivity contribution in [3.8, 4) is 5.69 Å². The van der Waals surface area contributed by atoms with Gasteiger partial charge in [0, 0.05) is 24.4 Å². The van der Waals surface area contributed by atoms with E-state index in [1.807, 2.05) is 0 Å². The SMILES string of the molecule is O=c1c2cnc3nc(C4CCCCC4)nn3c2ccn1-c1ccccc1[N+](=O)[O-]. The summed E-state index contributed by atoms with van der Waals surface area (Å²) in [6.07, 6.45) is 8.74. The molecule has 0 bridgehead atoms. The van der Waals surface area contributed by atoms with Crippen LogP contribution in [0.4, 0.5) is 5.69 Å². The minimum atomic E-state index is -0.499. The highest BCUT2D eigenvalue weighted by Crippen LogP contribution is 2.31. The fourth-order valence-corrected chi connectivity index (χ4v) is 4.08. The molecule has 0 N–H and O–H groups in total. The lowest BCUT2D eigenvalue weighted by Crippen LogP contribution is -2.19. The number of nitro benzene ring substituents is 1. The second-order valence-corrected chi connectivity index (χ2v) is 7.31. The minimum absolute atomic E-state index is 0.136. The summed E-state index contributed by atoms with van der Waals surface area (Å²) in [7, 11) is 0. The van der Waals surface area contributed by atoms with Gasteiger partial charge in [0.05, 0.1) is 15.8 Å². The molecule has 1 saturated carbocycles. The Morgan fingerprint density at radius 2 is 1.90 bits per heavy atom. The van der Waals surface area contributed by atoms with Gasteiger partial charge in [-0.25, -0.2) is 4.98 Å². The van der Waals surface area contributed by atoms with Gasteiger partial charge in [-0.1, -0.05) is 31.4 Å². The van der Waals surface area contributed by atoms with E-state index in [1.54, 1.807) is 28.8 Å². The average Bonchev–Trinajstić information content (AvgIpc) is 3.19. The molecular formula is C20H18N6O3. The van der Waals surface area contributed by atoms with Crippen LogP contribution < -0.4 is 5.56 Å². The topological polar surface area (TPSA) is 108 Å². The molecule has 1 aliphatic rings. The third-order valence-corrected chi connectivity index (χ3v) is 5.56. The maximum atomic E-state index is 13.1. The fraction of sp³-hybridized carbons (Fsp3) is 0.300. The summed E-state index contributed by atoms with van der Waals surface area (Å²) in [5, 5.41) is 16.3. The molecule has 5 rings (SSSR count). The molecule has 4 aromatic rings. The van der Waals surface area contributed by atoms with Crippen LogP contribution in [0.1, 0.15) is 43.8 Å². The highest BCUT2D eigenvalue weighted by atomic mass is 16.6. The van der Waals surface area contributed by atoms with E-state index in [9.17, 15) is 14.9 Å². The summed E-state index contributed by atoms with van der Waals surface area (Å²) in [5.74, 6) is 1.56. The van der Waals surface area contributed by atoms with Crippen LogP contribution in [-0.2, 0) is 0 Å². The Morgan fingerprint density at radius 3 is 2.69 bits per heavy atom. The van der Waals surface area contributed by atoms with Crippen molar-refractivity contribution in [1.29, 1.82) is 0 Å². The van der Waals surface area contributed by atoms with Crippen molar-refractivity contribution in [2.75, 3.05) is 0 Å². The summed E-state index contributed by atoms with van der Waals surface area (Å²) >= 11 is 0. The third kappa shape index (κ3) is 2.86. The van der Waals surface area contributed by atoms with Crippen molar-refractivity contribution in [2.24, 2.45) is 0 Å². The Kier molecular flexibility index (Phi) is 4.08. The first-order valence-corrected chi connectivity index (χ1v) is 9.64. The molecule has 9 nitrogen and oxygen atoms in total. The standard InChI is InChI=1S/C20H18N6O3/c27-19-14-12-21-20-22-18(13-6-2-1-3-7-13)23-25(20)15(14)10-11-24(19)16-8-4-5-9-17(16)26(28)29/h4-5,8-13H,1-3,6-7H2. The third-order valence-electron chi connectivity index (χ3n) is 5.56. The van der Waals surface area contributed by atoms with Gasteiger partial charge >= 0.3 is 0 Å². The molecule has 1 aromatic carbocycles. The molecule has 0 unspecified atom stereocenters. The highest BCUT2D eigenvalue weighted by molar-refractivity contribution is 5.79. The van der Waals surface area contributed by atoms with E-state index in [0.29, 0.717) is 22.6 Å². The normalized spacial score (nSPS) is 15.2. The first-order valence-electron chi connectivity index (χ1n) is 9.64. The number of rotatable bonds is 3. The van der Waals surface area contributed by atoms with Crippen molar-refractivity contribution >= 4 is 22.4 Å². The van der Waals surface area contributed by atoms with Gasteiger partial charge in [0.2, 0.25) is 0 Å². The number of nitrogens with zero attached hydrogens (tertiary/aromatic N) is 6. The Bertz CT molecular complexity index is 1300. The number of pyridine rings is 1. The Labute approximate surface area is 164 Å². The Hall–Kier alpha value is -3.62. The average molecular weight is 390 g/mol. The zero-order valence-electron chi connectivity index (χ0n) is 15.6. The molecule has 0 radical (unpaired) electrons. The van der Waals surface area contributed by atoms with Gasteiger partial charge in [-0.2, -0.15) is 9.50 Å². The van der Waals surface area contributed by atoms with Gasteiger partial charge in [-0.15, -0.1) is 5.10 Å². The zero-order valence-corrected chi connectivity index (χ0v) is 15.6. The first kappa shape index (κ1) is 17.5. The number of hydrogen-bond donors (Lipinski definition) is 0. The van der Waals surface area contributed by atoms with E-state index in [1.165, 1.54) is 42.3 Å². The van der Waals surface area contributed by atoms with Crippen LogP contribution in [0.3, 0.4) is 0 Å². The maximum Gasteiger partial charge on any atom is 0.293 e. The summed E-state index contributed by atoms with van der Waals surface area (Å²) in [6.45, 7) is 0. The van der Waals surface area contributed by atoms with E-state index < -0.39 is 4.92 Å². The Morgan fingerprint density at radius 1 is 1.10 bits per heavy atom. The van der Waals surface area contributed by atoms with Gasteiger partial charge < -0.3 is 0 Å². The summed E-state index contributed by atoms with van der Waals surface area (Å²) in [6, 6.07) is 7.88. The number of fused-ring (bicyclic) bond motifs is 3. The van der Waals surface area contributed by atoms with Crippen LogP contribution in [0, 0.1) is 10.1 Å². The van der Waals surface area contributed by atoms with Crippen molar-refractivity contribution in [3.05, 3.63) is 69.0 Å². The van der Waals surface area contributed by atoms with Crippen LogP contribution in [0.5, 0.6) is 0 Å². The number of hydrogen-bond acceptors (Lipinski definition) is 6. The quantitative estimate of drug-likeness (QED) is 0.392. The van der Waals surface area contributed by atoms with E-state index in [4.69, 9.17) is 0 Å². The molecule has 3 aromatic heterocycles. The predicted molar refractivity (Wildman–Crippen MR) is 106 cm³/mol. The zero-order chi connectivity index (χ0) is 20.0. The molecule has 0 spiro atoms. The largest absolute Gasteiger partial charge is 0.293 e. The smallest absolute Gasteiger partial charge is 0.277 e. The monoisotopic (exact) mass is 390 g/mol. The van der Waals surface area contributed by atoms with Crippen LogP contribution >= 0.6 is 0 Å². The molecular weight excluding hydrogens is 372 g/mol. The molecule has 0 atom stereocenters. The molecule has 0 aliphatic heterocycles. The second-order valence-electron chi connectivity index (χ2n) is 7.31. The lowest BCUT2D eigenvalue weighted by atomic mass is 9.89. The van der Waals surface area contributed by atoms with E-state index in [2.05, 4.69) is 15.1 Å². The van der Waals surface area contributed by atoms with Crippen LogP contribution in [0.25, 0.3) is 22.4 Å². The molecule has 1 fully saturated rings. The summed E-state index contributed by atoms with van der Waals surface area (Å²) in [4.78, 5) is 32.8. The number of benzene rings is 1. The van der Waals surface area contributed by atoms with Crippen LogP contribution in [-0.4, -0.2) is 29.1 Å². The number of nitro groups is 1. The van der Waals surface area contributed by atoms with Crippen LogP contribution in [0.15, 0.2) is 47.5 Å². The molecule has 1 aliphatic carbocycles. The highest BCUT2D eigenvalue weighted by Gasteiger charge is 2.22. The van der Waals surface area contributed by atoms with E-state index >= 15 is 0 Å². The molecule has 3 heterocycles. The van der Waals surface area contributed by atoms with E-state index in [0.717, 1.165) is 18.7 Å². The van der Waals surface area contributed by atoms with Gasteiger partial charge in [0.25, 0.3) is 17.0 Å². The molecule has 0 amide bonds. The fourth-order valence-electron chi connectivity index (χ4n) is 4.08. The molecule has 9 heteroatoms.